The van der Waals surface area contributed by atoms with Crippen LogP contribution in [0.15, 0.2) is 24.3 Å². The highest BCUT2D eigenvalue weighted by Gasteiger charge is 1.98. The third-order valence-corrected chi connectivity index (χ3v) is 2.70. The normalized spacial score (nSPS) is 10.8. The minimum absolute atomic E-state index is 0.778. The van der Waals surface area contributed by atoms with Crippen LogP contribution in [0.25, 0.3) is 0 Å². The van der Waals surface area contributed by atoms with Gasteiger partial charge in [-0.3, -0.25) is 0 Å². The predicted octanol–water partition coefficient (Wildman–Crippen LogP) is 4.45. The Kier molecular flexibility index (Phi) is 5.99. The van der Waals surface area contributed by atoms with Gasteiger partial charge >= 0.3 is 0 Å². The van der Waals surface area contributed by atoms with Gasteiger partial charge in [-0.25, -0.2) is 0 Å². The second-order valence-corrected chi connectivity index (χ2v) is 4.78. The number of unbranched alkanes of at least 4 members (excludes halogenated alkanes) is 1. The van der Waals surface area contributed by atoms with Crippen molar-refractivity contribution in [3.05, 3.63) is 29.8 Å². The van der Waals surface area contributed by atoms with E-state index < -0.39 is 0 Å². The van der Waals surface area contributed by atoms with E-state index in [1.54, 1.807) is 0 Å². The van der Waals surface area contributed by atoms with Gasteiger partial charge in [0.15, 0.2) is 0 Å². The molecule has 0 saturated carbocycles. The number of aryl methyl sites for hydroxylation is 1. The molecule has 1 heteroatoms. The Bertz CT molecular complexity index is 274. The molecule has 0 aliphatic heterocycles. The van der Waals surface area contributed by atoms with Crippen LogP contribution in [0.3, 0.4) is 0 Å². The number of benzene rings is 1. The average Bonchev–Trinajstić information content (AvgIpc) is 2.28. The predicted molar refractivity (Wildman–Crippen MR) is 70.0 cm³/mol. The highest BCUT2D eigenvalue weighted by atomic mass is 16.5. The molecule has 0 bridgehead atoms. The van der Waals surface area contributed by atoms with Crippen LogP contribution in [0.2, 0.25) is 0 Å². The first kappa shape index (κ1) is 13.1. The van der Waals surface area contributed by atoms with Crippen molar-refractivity contribution in [1.29, 1.82) is 0 Å². The second kappa shape index (κ2) is 7.32. The molecule has 0 N–H and O–H groups in total. The summed E-state index contributed by atoms with van der Waals surface area (Å²) >= 11 is 0. The van der Waals surface area contributed by atoms with Gasteiger partial charge in [0.05, 0.1) is 6.61 Å². The molecule has 0 aliphatic rings. The van der Waals surface area contributed by atoms with E-state index in [0.29, 0.717) is 0 Å². The molecule has 0 radical (unpaired) electrons. The maximum atomic E-state index is 5.63. The highest BCUT2D eigenvalue weighted by Crippen LogP contribution is 2.15. The van der Waals surface area contributed by atoms with Gasteiger partial charge in [-0.2, -0.15) is 0 Å². The van der Waals surface area contributed by atoms with Crippen LogP contribution in [-0.2, 0) is 6.42 Å². The van der Waals surface area contributed by atoms with Crippen molar-refractivity contribution in [3.8, 4) is 5.75 Å². The zero-order valence-electron chi connectivity index (χ0n) is 10.8. The molecule has 0 fully saturated rings. The number of hydrogen-bond donors (Lipinski definition) is 0. The Morgan fingerprint density at radius 3 is 2.38 bits per heavy atom. The van der Waals surface area contributed by atoms with Crippen LogP contribution in [-0.4, -0.2) is 6.61 Å². The van der Waals surface area contributed by atoms with E-state index in [1.165, 1.54) is 24.8 Å². The first-order valence-electron chi connectivity index (χ1n) is 6.44. The van der Waals surface area contributed by atoms with Crippen LogP contribution in [0.4, 0.5) is 0 Å². The Morgan fingerprint density at radius 1 is 1.12 bits per heavy atom. The van der Waals surface area contributed by atoms with Gasteiger partial charge in [0.25, 0.3) is 0 Å². The molecule has 0 atom stereocenters. The fourth-order valence-corrected chi connectivity index (χ4v) is 1.54. The molecule has 0 heterocycles. The Labute approximate surface area is 99.8 Å². The van der Waals surface area contributed by atoms with Crippen molar-refractivity contribution >= 4 is 0 Å². The lowest BCUT2D eigenvalue weighted by Crippen LogP contribution is -1.97. The largest absolute Gasteiger partial charge is 0.494 e. The molecular weight excluding hydrogens is 196 g/mol. The molecule has 90 valence electrons. The van der Waals surface area contributed by atoms with E-state index in [4.69, 9.17) is 4.74 Å². The van der Waals surface area contributed by atoms with Crippen molar-refractivity contribution in [1.82, 2.24) is 0 Å². The van der Waals surface area contributed by atoms with E-state index in [1.807, 2.05) is 0 Å². The standard InChI is InChI=1S/C15H24O/c1-4-5-12-16-15-10-8-14(9-11-15)7-6-13(2)3/h8-11,13H,4-7,12H2,1-3H3. The molecule has 16 heavy (non-hydrogen) atoms. The van der Waals surface area contributed by atoms with Gasteiger partial charge in [0.1, 0.15) is 5.75 Å². The summed E-state index contributed by atoms with van der Waals surface area (Å²) in [4.78, 5) is 0. The second-order valence-electron chi connectivity index (χ2n) is 4.78. The molecule has 1 aromatic carbocycles. The lowest BCUT2D eigenvalue weighted by molar-refractivity contribution is 0.309. The van der Waals surface area contributed by atoms with E-state index in [0.717, 1.165) is 24.7 Å². The monoisotopic (exact) mass is 220 g/mol. The maximum absolute atomic E-state index is 5.63. The molecule has 0 unspecified atom stereocenters. The van der Waals surface area contributed by atoms with Gasteiger partial charge < -0.3 is 4.74 Å². The fourth-order valence-electron chi connectivity index (χ4n) is 1.54. The van der Waals surface area contributed by atoms with Crippen molar-refractivity contribution in [2.24, 2.45) is 5.92 Å². The topological polar surface area (TPSA) is 9.23 Å². The van der Waals surface area contributed by atoms with Crippen LogP contribution >= 0.6 is 0 Å². The zero-order valence-corrected chi connectivity index (χ0v) is 10.8. The summed E-state index contributed by atoms with van der Waals surface area (Å²) < 4.78 is 5.63. The lowest BCUT2D eigenvalue weighted by Gasteiger charge is -2.07. The van der Waals surface area contributed by atoms with E-state index in [9.17, 15) is 0 Å². The van der Waals surface area contributed by atoms with Crippen LogP contribution < -0.4 is 4.74 Å². The molecule has 0 amide bonds. The molecule has 1 nitrogen and oxygen atoms in total. The summed E-state index contributed by atoms with van der Waals surface area (Å²) in [5.41, 5.74) is 1.41. The van der Waals surface area contributed by atoms with Gasteiger partial charge in [0.2, 0.25) is 0 Å². The fraction of sp³-hybridized carbons (Fsp3) is 0.600. The summed E-state index contributed by atoms with van der Waals surface area (Å²) in [5, 5.41) is 0. The first-order chi connectivity index (χ1) is 7.72. The minimum Gasteiger partial charge on any atom is -0.494 e. The van der Waals surface area contributed by atoms with E-state index in [2.05, 4.69) is 45.0 Å². The van der Waals surface area contributed by atoms with Crippen molar-refractivity contribution in [2.75, 3.05) is 6.61 Å². The third-order valence-electron chi connectivity index (χ3n) is 2.70. The maximum Gasteiger partial charge on any atom is 0.119 e. The highest BCUT2D eigenvalue weighted by molar-refractivity contribution is 5.27. The quantitative estimate of drug-likeness (QED) is 0.617. The van der Waals surface area contributed by atoms with Crippen molar-refractivity contribution < 1.29 is 4.74 Å². The number of ether oxygens (including phenoxy) is 1. The Balaban J connectivity index is 2.35. The van der Waals surface area contributed by atoms with E-state index >= 15 is 0 Å². The summed E-state index contributed by atoms with van der Waals surface area (Å²) in [6.07, 6.45) is 4.75. The van der Waals surface area contributed by atoms with Gasteiger partial charge in [-0.15, -0.1) is 0 Å². The average molecular weight is 220 g/mol. The van der Waals surface area contributed by atoms with Gasteiger partial charge in [-0.1, -0.05) is 39.3 Å². The summed E-state index contributed by atoms with van der Waals surface area (Å²) in [5.74, 6) is 1.78. The van der Waals surface area contributed by atoms with Crippen LogP contribution in [0, 0.1) is 5.92 Å². The number of rotatable bonds is 7. The molecule has 0 aliphatic carbocycles. The molecular formula is C15H24O. The van der Waals surface area contributed by atoms with Crippen LogP contribution in [0.5, 0.6) is 5.75 Å². The molecule has 1 rings (SSSR count). The summed E-state index contributed by atoms with van der Waals surface area (Å²) in [6.45, 7) is 7.55. The smallest absolute Gasteiger partial charge is 0.119 e. The first-order valence-corrected chi connectivity index (χ1v) is 6.44. The third kappa shape index (κ3) is 5.20. The summed E-state index contributed by atoms with van der Waals surface area (Å²) in [6, 6.07) is 8.55. The summed E-state index contributed by atoms with van der Waals surface area (Å²) in [7, 11) is 0. The Hall–Kier alpha value is -0.980. The zero-order chi connectivity index (χ0) is 11.8. The molecule has 0 aromatic heterocycles. The van der Waals surface area contributed by atoms with Crippen molar-refractivity contribution in [3.63, 3.8) is 0 Å². The van der Waals surface area contributed by atoms with Crippen LogP contribution in [0.1, 0.15) is 45.6 Å². The minimum atomic E-state index is 0.778. The SMILES string of the molecule is CCCCOc1ccc(CCC(C)C)cc1. The van der Waals surface area contributed by atoms with Gasteiger partial charge in [0, 0.05) is 0 Å². The molecule has 1 aromatic rings. The number of hydrogen-bond acceptors (Lipinski definition) is 1. The molecule has 0 saturated heterocycles. The molecule has 0 spiro atoms. The lowest BCUT2D eigenvalue weighted by atomic mass is 10.0. The Morgan fingerprint density at radius 2 is 1.81 bits per heavy atom. The van der Waals surface area contributed by atoms with Gasteiger partial charge in [-0.05, 0) is 42.9 Å². The van der Waals surface area contributed by atoms with Crippen molar-refractivity contribution in [2.45, 2.75) is 46.5 Å². The van der Waals surface area contributed by atoms with E-state index in [-0.39, 0.29) is 0 Å².